The Bertz CT molecular complexity index is 755. The Morgan fingerprint density at radius 1 is 1.06 bits per heavy atom. The lowest BCUT2D eigenvalue weighted by Crippen LogP contribution is -2.39. The first-order valence-electron chi connectivity index (χ1n) is 10.9. The fourth-order valence-electron chi connectivity index (χ4n) is 3.12. The van der Waals surface area contributed by atoms with Gasteiger partial charge in [0.15, 0.2) is 5.96 Å². The van der Waals surface area contributed by atoms with Crippen LogP contribution in [0.25, 0.3) is 0 Å². The molecule has 1 aromatic rings. The maximum absolute atomic E-state index is 12.3. The Balaban J connectivity index is 0.00000900. The number of nitrogens with zero attached hydrogens (tertiary/aromatic N) is 1. The summed E-state index contributed by atoms with van der Waals surface area (Å²) in [4.78, 5) is 4.66. The molecule has 1 aromatic carbocycles. The molecule has 0 saturated carbocycles. The second-order valence-corrected chi connectivity index (χ2v) is 9.70. The van der Waals surface area contributed by atoms with Crippen LogP contribution in [0.1, 0.15) is 59.1 Å². The van der Waals surface area contributed by atoms with E-state index < -0.39 is 10.0 Å². The number of hydrogen-bond donors (Lipinski definition) is 3. The highest BCUT2D eigenvalue weighted by Crippen LogP contribution is 2.14. The molecule has 0 heterocycles. The number of halogens is 1. The Morgan fingerprint density at radius 3 is 2.26 bits per heavy atom. The molecule has 0 bridgehead atoms. The zero-order valence-electron chi connectivity index (χ0n) is 19.8. The summed E-state index contributed by atoms with van der Waals surface area (Å²) >= 11 is 0. The smallest absolute Gasteiger partial charge is 0.216 e. The van der Waals surface area contributed by atoms with Crippen LogP contribution in [0.3, 0.4) is 0 Å². The molecule has 0 amide bonds. The lowest BCUT2D eigenvalue weighted by molar-refractivity contribution is 0.0258. The van der Waals surface area contributed by atoms with Crippen LogP contribution in [-0.2, 0) is 27.1 Å². The first-order valence-corrected chi connectivity index (χ1v) is 12.5. The molecule has 0 aliphatic rings. The second-order valence-electron chi connectivity index (χ2n) is 7.95. The summed E-state index contributed by atoms with van der Waals surface area (Å²) in [5, 5.41) is 6.61. The van der Waals surface area contributed by atoms with Crippen LogP contribution in [0, 0.1) is 5.92 Å². The number of benzene rings is 1. The van der Waals surface area contributed by atoms with Gasteiger partial charge in [-0.1, -0.05) is 38.1 Å². The maximum atomic E-state index is 12.3. The highest BCUT2D eigenvalue weighted by molar-refractivity contribution is 14.0. The van der Waals surface area contributed by atoms with Crippen molar-refractivity contribution in [2.24, 2.45) is 10.9 Å². The van der Waals surface area contributed by atoms with E-state index in [1.165, 1.54) is 0 Å². The molecule has 1 unspecified atom stereocenters. The number of aliphatic imine (C=N–C) groups is 1. The van der Waals surface area contributed by atoms with E-state index in [0.29, 0.717) is 19.1 Å². The minimum Gasteiger partial charge on any atom is -0.378 e. The SMILES string of the molecule is CCNC(=NCc1ccccc1CS(=O)(=O)NC(C)C)NCCC(OCC)C(C)C.I. The maximum Gasteiger partial charge on any atom is 0.216 e. The van der Waals surface area contributed by atoms with Gasteiger partial charge >= 0.3 is 0 Å². The molecule has 180 valence electrons. The summed E-state index contributed by atoms with van der Waals surface area (Å²) in [5.74, 6) is 1.12. The number of rotatable bonds is 13. The first-order chi connectivity index (χ1) is 14.2. The van der Waals surface area contributed by atoms with Gasteiger partial charge in [-0.15, -0.1) is 24.0 Å². The lowest BCUT2D eigenvalue weighted by Gasteiger charge is -2.21. The molecule has 1 atom stereocenters. The largest absolute Gasteiger partial charge is 0.378 e. The van der Waals surface area contributed by atoms with Gasteiger partial charge in [0.25, 0.3) is 0 Å². The summed E-state index contributed by atoms with van der Waals surface area (Å²) in [5.41, 5.74) is 1.67. The zero-order valence-corrected chi connectivity index (χ0v) is 22.9. The van der Waals surface area contributed by atoms with E-state index in [2.05, 4.69) is 34.2 Å². The molecule has 3 N–H and O–H groups in total. The van der Waals surface area contributed by atoms with E-state index in [1.54, 1.807) is 0 Å². The van der Waals surface area contributed by atoms with Crippen LogP contribution in [0.15, 0.2) is 29.3 Å². The number of nitrogens with one attached hydrogen (secondary N) is 3. The van der Waals surface area contributed by atoms with E-state index in [-0.39, 0.29) is 41.9 Å². The highest BCUT2D eigenvalue weighted by atomic mass is 127. The van der Waals surface area contributed by atoms with Crippen LogP contribution in [0.2, 0.25) is 0 Å². The van der Waals surface area contributed by atoms with Crippen molar-refractivity contribution in [2.75, 3.05) is 19.7 Å². The van der Waals surface area contributed by atoms with Crippen molar-refractivity contribution in [1.29, 1.82) is 0 Å². The summed E-state index contributed by atoms with van der Waals surface area (Å²) in [6, 6.07) is 7.41. The van der Waals surface area contributed by atoms with Gasteiger partial charge in [0.05, 0.1) is 18.4 Å². The van der Waals surface area contributed by atoms with Crippen molar-refractivity contribution < 1.29 is 13.2 Å². The monoisotopic (exact) mass is 568 g/mol. The molecule has 1 rings (SSSR count). The fraction of sp³-hybridized carbons (Fsp3) is 0.682. The fourth-order valence-corrected chi connectivity index (χ4v) is 4.61. The molecule has 7 nitrogen and oxygen atoms in total. The van der Waals surface area contributed by atoms with Crippen molar-refractivity contribution in [3.63, 3.8) is 0 Å². The summed E-state index contributed by atoms with van der Waals surface area (Å²) in [7, 11) is -3.39. The third kappa shape index (κ3) is 12.6. The van der Waals surface area contributed by atoms with Crippen LogP contribution in [0.4, 0.5) is 0 Å². The topological polar surface area (TPSA) is 91.8 Å². The molecule has 0 spiro atoms. The number of guanidine groups is 1. The van der Waals surface area contributed by atoms with Gasteiger partial charge < -0.3 is 15.4 Å². The van der Waals surface area contributed by atoms with Gasteiger partial charge in [-0.3, -0.25) is 0 Å². The average molecular weight is 569 g/mol. The minimum atomic E-state index is -3.39. The molecule has 31 heavy (non-hydrogen) atoms. The molecule has 0 aliphatic heterocycles. The summed E-state index contributed by atoms with van der Waals surface area (Å²) in [6.45, 7) is 14.6. The highest BCUT2D eigenvalue weighted by Gasteiger charge is 2.16. The van der Waals surface area contributed by atoms with Gasteiger partial charge in [-0.05, 0) is 51.2 Å². The van der Waals surface area contributed by atoms with Crippen LogP contribution in [-0.4, -0.2) is 46.2 Å². The summed E-state index contributed by atoms with van der Waals surface area (Å²) in [6.07, 6.45) is 1.11. The Kier molecular flexibility index (Phi) is 15.4. The lowest BCUT2D eigenvalue weighted by atomic mass is 10.0. The van der Waals surface area contributed by atoms with Crippen molar-refractivity contribution in [3.05, 3.63) is 35.4 Å². The Labute approximate surface area is 206 Å². The summed E-state index contributed by atoms with van der Waals surface area (Å²) < 4.78 is 33.1. The van der Waals surface area contributed by atoms with Gasteiger partial charge in [0.1, 0.15) is 0 Å². The van der Waals surface area contributed by atoms with Crippen LogP contribution >= 0.6 is 24.0 Å². The van der Waals surface area contributed by atoms with E-state index in [1.807, 2.05) is 52.0 Å². The van der Waals surface area contributed by atoms with Crippen LogP contribution in [0.5, 0.6) is 0 Å². The Morgan fingerprint density at radius 2 is 1.71 bits per heavy atom. The predicted molar refractivity (Wildman–Crippen MR) is 140 cm³/mol. The molecule has 0 aliphatic carbocycles. The van der Waals surface area contributed by atoms with E-state index in [9.17, 15) is 8.42 Å². The van der Waals surface area contributed by atoms with Gasteiger partial charge in [0, 0.05) is 25.7 Å². The molecular weight excluding hydrogens is 527 g/mol. The van der Waals surface area contributed by atoms with Crippen molar-refractivity contribution >= 4 is 40.0 Å². The van der Waals surface area contributed by atoms with E-state index >= 15 is 0 Å². The normalized spacial score (nSPS) is 13.2. The van der Waals surface area contributed by atoms with Gasteiger partial charge in [0.2, 0.25) is 10.0 Å². The molecule has 0 aromatic heterocycles. The van der Waals surface area contributed by atoms with Gasteiger partial charge in [-0.2, -0.15) is 0 Å². The van der Waals surface area contributed by atoms with Crippen molar-refractivity contribution in [2.45, 2.75) is 72.4 Å². The number of sulfonamides is 1. The second kappa shape index (κ2) is 15.8. The van der Waals surface area contributed by atoms with Crippen molar-refractivity contribution in [1.82, 2.24) is 15.4 Å². The molecule has 9 heteroatoms. The predicted octanol–water partition coefficient (Wildman–Crippen LogP) is 3.64. The third-order valence-electron chi connectivity index (χ3n) is 4.48. The van der Waals surface area contributed by atoms with Crippen molar-refractivity contribution in [3.8, 4) is 0 Å². The molecule has 0 fully saturated rings. The first kappa shape index (κ1) is 30.1. The zero-order chi connectivity index (χ0) is 22.6. The standard InChI is InChI=1S/C22H40N4O3S.HI/c1-7-23-22(24-14-13-21(17(3)4)29-8-2)25-15-19-11-9-10-12-20(19)16-30(27,28)26-18(5)6;/h9-12,17-18,21,26H,7-8,13-16H2,1-6H3,(H2,23,24,25);1H. The average Bonchev–Trinajstić information content (AvgIpc) is 2.64. The van der Waals surface area contributed by atoms with E-state index in [4.69, 9.17) is 4.74 Å². The Hall–Kier alpha value is -0.910. The van der Waals surface area contributed by atoms with E-state index in [0.717, 1.165) is 36.6 Å². The third-order valence-corrected chi connectivity index (χ3v) is 6.00. The molecular formula is C22H41IN4O3S. The van der Waals surface area contributed by atoms with Crippen LogP contribution < -0.4 is 15.4 Å². The number of ether oxygens (including phenoxy) is 1. The minimum absolute atomic E-state index is 0. The quantitative estimate of drug-likeness (QED) is 0.192. The number of hydrogen-bond acceptors (Lipinski definition) is 4. The molecule has 0 saturated heterocycles. The molecule has 0 radical (unpaired) electrons. The van der Waals surface area contributed by atoms with Gasteiger partial charge in [-0.25, -0.2) is 18.1 Å².